The van der Waals surface area contributed by atoms with Crippen LogP contribution in [0.2, 0.25) is 0 Å². The van der Waals surface area contributed by atoms with Crippen LogP contribution in [0.3, 0.4) is 0 Å². The Balaban J connectivity index is 2.87. The number of unbranched alkanes of at least 4 members (excludes halogenated alkanes) is 5. The summed E-state index contributed by atoms with van der Waals surface area (Å²) >= 11 is 0. The molecule has 1 aromatic carbocycles. The second-order valence-electron chi connectivity index (χ2n) is 9.85. The van der Waals surface area contributed by atoms with Gasteiger partial charge >= 0.3 is 24.2 Å². The smallest absolute Gasteiger partial charge is 0.459 e. The predicted molar refractivity (Wildman–Crippen MR) is 152 cm³/mol. The summed E-state index contributed by atoms with van der Waals surface area (Å²) in [7, 11) is 0. The minimum atomic E-state index is -1.07. The van der Waals surface area contributed by atoms with E-state index < -0.39 is 36.5 Å². The molecule has 0 spiro atoms. The van der Waals surface area contributed by atoms with Crippen molar-refractivity contribution in [3.8, 4) is 11.5 Å². The Hall–Kier alpha value is -3.34. The molecule has 0 radical (unpaired) electrons. The van der Waals surface area contributed by atoms with E-state index in [0.717, 1.165) is 38.5 Å². The average Bonchev–Trinajstić information content (AvgIpc) is 2.93. The largest absolute Gasteiger partial charge is 0.513 e. The number of carbonyl (C=O) groups is 4. The Labute approximate surface area is 243 Å². The number of hydrogen-bond donors (Lipinski definition) is 1. The highest BCUT2D eigenvalue weighted by molar-refractivity contribution is 5.76. The van der Waals surface area contributed by atoms with E-state index in [9.17, 15) is 19.2 Å². The molecule has 1 aromatic rings. The predicted octanol–water partition coefficient (Wildman–Crippen LogP) is 6.02. The molecule has 0 saturated carbocycles. The van der Waals surface area contributed by atoms with Crippen LogP contribution in [0.15, 0.2) is 18.2 Å². The summed E-state index contributed by atoms with van der Waals surface area (Å²) < 4.78 is 31.5. The van der Waals surface area contributed by atoms with Gasteiger partial charge in [0, 0.05) is 6.42 Å². The summed E-state index contributed by atoms with van der Waals surface area (Å²) in [5, 5.41) is 0. The van der Waals surface area contributed by atoms with Crippen molar-refractivity contribution in [3.63, 3.8) is 0 Å². The van der Waals surface area contributed by atoms with E-state index in [2.05, 4.69) is 0 Å². The third-order valence-corrected chi connectivity index (χ3v) is 6.10. The number of rotatable bonds is 19. The molecule has 2 N–H and O–H groups in total. The normalized spacial score (nSPS) is 12.9. The molecule has 0 aromatic heterocycles. The van der Waals surface area contributed by atoms with Crippen LogP contribution in [0.25, 0.3) is 0 Å². The van der Waals surface area contributed by atoms with E-state index in [1.165, 1.54) is 12.1 Å². The van der Waals surface area contributed by atoms with Crippen molar-refractivity contribution in [1.29, 1.82) is 0 Å². The van der Waals surface area contributed by atoms with Crippen molar-refractivity contribution in [3.05, 3.63) is 23.8 Å². The van der Waals surface area contributed by atoms with Crippen molar-refractivity contribution in [2.75, 3.05) is 13.2 Å². The summed E-state index contributed by atoms with van der Waals surface area (Å²) in [5.74, 6) is -1.18. The van der Waals surface area contributed by atoms with E-state index in [1.54, 1.807) is 19.9 Å². The van der Waals surface area contributed by atoms with Gasteiger partial charge in [-0.25, -0.2) is 9.59 Å². The first kappa shape index (κ1) is 35.7. The second-order valence-corrected chi connectivity index (χ2v) is 9.85. The molecule has 11 heteroatoms. The highest BCUT2D eigenvalue weighted by Gasteiger charge is 2.25. The molecule has 0 bridgehead atoms. The lowest BCUT2D eigenvalue weighted by atomic mass is 10.1. The van der Waals surface area contributed by atoms with Gasteiger partial charge in [0.25, 0.3) is 0 Å². The molecule has 0 amide bonds. The monoisotopic (exact) mass is 581 g/mol. The second kappa shape index (κ2) is 20.5. The fourth-order valence-corrected chi connectivity index (χ4v) is 3.48. The number of hydrogen-bond acceptors (Lipinski definition) is 11. The van der Waals surface area contributed by atoms with Crippen LogP contribution in [0.5, 0.6) is 11.5 Å². The maximum Gasteiger partial charge on any atom is 0.513 e. The minimum absolute atomic E-state index is 0.0277. The maximum absolute atomic E-state index is 12.6. The van der Waals surface area contributed by atoms with Gasteiger partial charge in [0.15, 0.2) is 11.5 Å². The Bertz CT molecular complexity index is 951. The van der Waals surface area contributed by atoms with Gasteiger partial charge in [0.2, 0.25) is 0 Å². The molecule has 41 heavy (non-hydrogen) atoms. The third kappa shape index (κ3) is 15.3. The fourth-order valence-electron chi connectivity index (χ4n) is 3.48. The minimum Gasteiger partial charge on any atom is -0.459 e. The molecule has 3 atom stereocenters. The van der Waals surface area contributed by atoms with E-state index in [0.29, 0.717) is 24.8 Å². The zero-order valence-electron chi connectivity index (χ0n) is 25.1. The lowest BCUT2D eigenvalue weighted by molar-refractivity contribution is -0.166. The highest BCUT2D eigenvalue weighted by atomic mass is 16.7. The average molecular weight is 582 g/mol. The highest BCUT2D eigenvalue weighted by Crippen LogP contribution is 2.30. The first-order chi connectivity index (χ1) is 19.6. The molecule has 1 rings (SSSR count). The summed E-state index contributed by atoms with van der Waals surface area (Å²) in [4.78, 5) is 48.9. The number of benzene rings is 1. The van der Waals surface area contributed by atoms with Crippen LogP contribution in [-0.2, 0) is 35.0 Å². The summed E-state index contributed by atoms with van der Waals surface area (Å²) in [5.41, 5.74) is 6.60. The van der Waals surface area contributed by atoms with Crippen LogP contribution >= 0.6 is 0 Å². The lowest BCUT2D eigenvalue weighted by Gasteiger charge is -2.22. The van der Waals surface area contributed by atoms with Gasteiger partial charge in [-0.1, -0.05) is 58.9 Å². The van der Waals surface area contributed by atoms with Crippen molar-refractivity contribution < 1.29 is 47.6 Å². The Morgan fingerprint density at radius 2 is 1.27 bits per heavy atom. The van der Waals surface area contributed by atoms with Crippen LogP contribution in [0.4, 0.5) is 9.59 Å². The molecule has 0 aliphatic heterocycles. The van der Waals surface area contributed by atoms with Gasteiger partial charge in [-0.2, -0.15) is 0 Å². The first-order valence-corrected chi connectivity index (χ1v) is 14.6. The van der Waals surface area contributed by atoms with Crippen LogP contribution in [0.1, 0.15) is 98.0 Å². The molecule has 0 aliphatic rings. The van der Waals surface area contributed by atoms with Gasteiger partial charge in [0.05, 0.1) is 13.2 Å². The molecule has 0 heterocycles. The number of ether oxygens (including phenoxy) is 6. The Morgan fingerprint density at radius 1 is 0.732 bits per heavy atom. The maximum atomic E-state index is 12.6. The van der Waals surface area contributed by atoms with E-state index >= 15 is 0 Å². The molecule has 0 unspecified atom stereocenters. The number of carbonyl (C=O) groups excluding carboxylic acids is 4. The van der Waals surface area contributed by atoms with Gasteiger partial charge in [-0.05, 0) is 57.2 Å². The van der Waals surface area contributed by atoms with Crippen molar-refractivity contribution in [2.24, 2.45) is 5.73 Å². The first-order valence-electron chi connectivity index (χ1n) is 14.6. The van der Waals surface area contributed by atoms with Crippen LogP contribution in [0, 0.1) is 0 Å². The summed E-state index contributed by atoms with van der Waals surface area (Å²) in [6.07, 6.45) is 3.79. The quantitative estimate of drug-likeness (QED) is 0.0884. The molecular formula is C30H47NO10. The Kier molecular flexibility index (Phi) is 17.9. The van der Waals surface area contributed by atoms with E-state index in [4.69, 9.17) is 34.2 Å². The van der Waals surface area contributed by atoms with Gasteiger partial charge in [0.1, 0.15) is 18.2 Å². The molecule has 232 valence electrons. The van der Waals surface area contributed by atoms with E-state index in [1.807, 2.05) is 20.8 Å². The van der Waals surface area contributed by atoms with Gasteiger partial charge in [-0.3, -0.25) is 9.59 Å². The van der Waals surface area contributed by atoms with Crippen LogP contribution < -0.4 is 15.2 Å². The molecule has 0 saturated heterocycles. The molecule has 11 nitrogen and oxygen atoms in total. The van der Waals surface area contributed by atoms with Crippen molar-refractivity contribution in [1.82, 2.24) is 0 Å². The Morgan fingerprint density at radius 3 is 1.83 bits per heavy atom. The van der Waals surface area contributed by atoms with Gasteiger partial charge in [-0.15, -0.1) is 0 Å². The number of nitrogens with two attached hydrogens (primary N) is 1. The van der Waals surface area contributed by atoms with Gasteiger partial charge < -0.3 is 34.2 Å². The van der Waals surface area contributed by atoms with E-state index in [-0.39, 0.29) is 37.1 Å². The molecule has 0 fully saturated rings. The molecular weight excluding hydrogens is 534 g/mol. The zero-order valence-corrected chi connectivity index (χ0v) is 25.1. The summed E-state index contributed by atoms with van der Waals surface area (Å²) in [6, 6.07) is 3.36. The topological polar surface area (TPSA) is 150 Å². The van der Waals surface area contributed by atoms with Crippen molar-refractivity contribution in [2.45, 2.75) is 117 Å². The van der Waals surface area contributed by atoms with Crippen molar-refractivity contribution >= 4 is 24.2 Å². The summed E-state index contributed by atoms with van der Waals surface area (Å²) in [6.45, 7) is 9.68. The fraction of sp³-hybridized carbons (Fsp3) is 0.667. The third-order valence-electron chi connectivity index (χ3n) is 6.10. The lowest BCUT2D eigenvalue weighted by Crippen LogP contribution is -2.39. The molecule has 0 aliphatic carbocycles. The standard InChI is InChI=1S/C30H47NO10/c1-6-9-12-17-36-29(34)40-25-16-15-23(20-26(25)41-30(35)37-18-13-10-7-2)19-24(31)28(33)39-22(5)21(4)38-27(32)14-11-8-3/h15-16,20-22,24H,6-14,17-19,31H2,1-5H3/t21-,22-,24-/m0/s1. The SMILES string of the molecule is CCCCCOC(=O)Oc1ccc(C[C@H](N)C(=O)O[C@@H](C)[C@H](C)OC(=O)CCCC)cc1OC(=O)OCCCCC. The number of esters is 2. The zero-order chi connectivity index (χ0) is 30.6. The van der Waals surface area contributed by atoms with Crippen LogP contribution in [-0.4, -0.2) is 55.7 Å².